The molecule has 3 rings (SSSR count). The van der Waals surface area contributed by atoms with Gasteiger partial charge < -0.3 is 14.6 Å². The van der Waals surface area contributed by atoms with Crippen LogP contribution in [0.15, 0.2) is 53.3 Å². The molecule has 1 heterocycles. The summed E-state index contributed by atoms with van der Waals surface area (Å²) < 4.78 is 10.0. The summed E-state index contributed by atoms with van der Waals surface area (Å²) >= 11 is 0. The Balaban J connectivity index is 2.00. The number of benzene rings is 2. The first-order valence-electron chi connectivity index (χ1n) is 9.05. The predicted octanol–water partition coefficient (Wildman–Crippen LogP) is 2.87. The number of aromatic nitrogens is 2. The van der Waals surface area contributed by atoms with E-state index in [1.807, 2.05) is 24.3 Å². The molecule has 29 heavy (non-hydrogen) atoms. The van der Waals surface area contributed by atoms with E-state index in [-0.39, 0.29) is 12.0 Å². The molecule has 0 saturated heterocycles. The molecule has 1 atom stereocenters. The third-order valence-electron chi connectivity index (χ3n) is 4.83. The van der Waals surface area contributed by atoms with Crippen molar-refractivity contribution in [3.8, 4) is 11.8 Å². The summed E-state index contributed by atoms with van der Waals surface area (Å²) in [5, 5.41) is 14.6. The van der Waals surface area contributed by atoms with Gasteiger partial charge in [0.05, 0.1) is 32.3 Å². The van der Waals surface area contributed by atoms with Crippen LogP contribution in [0, 0.1) is 11.3 Å². The number of aromatic amines is 2. The fourth-order valence-corrected chi connectivity index (χ4v) is 3.29. The number of carbonyl (C=O) groups excluding carboxylic acids is 1. The van der Waals surface area contributed by atoms with Crippen molar-refractivity contribution in [3.05, 3.63) is 86.8 Å². The maximum atomic E-state index is 12.6. The van der Waals surface area contributed by atoms with Crippen LogP contribution >= 0.6 is 0 Å². The van der Waals surface area contributed by atoms with Crippen LogP contribution in [0.4, 0.5) is 0 Å². The lowest BCUT2D eigenvalue weighted by atomic mass is 9.87. The Morgan fingerprint density at radius 2 is 1.76 bits per heavy atom. The van der Waals surface area contributed by atoms with Gasteiger partial charge in [0, 0.05) is 23.6 Å². The molecule has 0 radical (unpaired) electrons. The SMILES string of the molecule is COC(=O)C[C@@H](c1ccc(C#N)cc1)c1c(Cc2ccc(OC)cc2)[nH][nH]c1=O. The van der Waals surface area contributed by atoms with Gasteiger partial charge in [-0.2, -0.15) is 5.26 Å². The van der Waals surface area contributed by atoms with Crippen molar-refractivity contribution in [2.24, 2.45) is 0 Å². The number of nitriles is 1. The van der Waals surface area contributed by atoms with Crippen molar-refractivity contribution in [2.45, 2.75) is 18.8 Å². The van der Waals surface area contributed by atoms with Gasteiger partial charge in [0.25, 0.3) is 5.56 Å². The van der Waals surface area contributed by atoms with Crippen LogP contribution in [0.5, 0.6) is 5.75 Å². The highest BCUT2D eigenvalue weighted by Crippen LogP contribution is 2.29. The number of ether oxygens (including phenoxy) is 2. The second-order valence-corrected chi connectivity index (χ2v) is 6.56. The van der Waals surface area contributed by atoms with Gasteiger partial charge in [-0.25, -0.2) is 0 Å². The van der Waals surface area contributed by atoms with Gasteiger partial charge in [-0.15, -0.1) is 0 Å². The minimum atomic E-state index is -0.501. The quantitative estimate of drug-likeness (QED) is 0.602. The number of esters is 1. The summed E-state index contributed by atoms with van der Waals surface area (Å²) in [5.41, 5.74) is 3.14. The third-order valence-corrected chi connectivity index (χ3v) is 4.83. The normalized spacial score (nSPS) is 11.5. The predicted molar refractivity (Wildman–Crippen MR) is 107 cm³/mol. The summed E-state index contributed by atoms with van der Waals surface area (Å²) in [5.74, 6) is -0.175. The van der Waals surface area contributed by atoms with Crippen LogP contribution in [0.2, 0.25) is 0 Å². The first-order valence-corrected chi connectivity index (χ1v) is 9.05. The lowest BCUT2D eigenvalue weighted by Gasteiger charge is -2.16. The summed E-state index contributed by atoms with van der Waals surface area (Å²) in [4.78, 5) is 24.7. The third kappa shape index (κ3) is 4.55. The number of carbonyl (C=O) groups is 1. The molecule has 0 bridgehead atoms. The van der Waals surface area contributed by atoms with E-state index in [0.29, 0.717) is 23.2 Å². The highest BCUT2D eigenvalue weighted by molar-refractivity contribution is 5.71. The van der Waals surface area contributed by atoms with E-state index < -0.39 is 11.9 Å². The topological polar surface area (TPSA) is 108 Å². The Morgan fingerprint density at radius 3 is 2.34 bits per heavy atom. The highest BCUT2D eigenvalue weighted by Gasteiger charge is 2.26. The molecule has 0 amide bonds. The van der Waals surface area contributed by atoms with Crippen LogP contribution in [0.3, 0.4) is 0 Å². The first-order chi connectivity index (χ1) is 14.0. The minimum Gasteiger partial charge on any atom is -0.497 e. The van der Waals surface area contributed by atoms with Crippen LogP contribution in [0.25, 0.3) is 0 Å². The van der Waals surface area contributed by atoms with Gasteiger partial charge in [-0.1, -0.05) is 24.3 Å². The zero-order valence-electron chi connectivity index (χ0n) is 16.2. The summed E-state index contributed by atoms with van der Waals surface area (Å²) in [6.45, 7) is 0. The van der Waals surface area contributed by atoms with E-state index in [1.54, 1.807) is 31.4 Å². The molecule has 7 nitrogen and oxygen atoms in total. The number of nitrogens with zero attached hydrogens (tertiary/aromatic N) is 1. The summed E-state index contributed by atoms with van der Waals surface area (Å²) in [6.07, 6.45) is 0.491. The number of methoxy groups -OCH3 is 2. The van der Waals surface area contributed by atoms with E-state index in [9.17, 15) is 9.59 Å². The van der Waals surface area contributed by atoms with Crippen molar-refractivity contribution in [3.63, 3.8) is 0 Å². The molecule has 0 aliphatic heterocycles. The average molecular weight is 391 g/mol. The van der Waals surface area contributed by atoms with E-state index in [4.69, 9.17) is 14.7 Å². The first kappa shape index (κ1) is 20.0. The van der Waals surface area contributed by atoms with Crippen LogP contribution < -0.4 is 10.3 Å². The maximum absolute atomic E-state index is 12.6. The molecule has 0 saturated carbocycles. The summed E-state index contributed by atoms with van der Waals surface area (Å²) in [7, 11) is 2.92. The Kier molecular flexibility index (Phi) is 6.15. The van der Waals surface area contributed by atoms with Crippen molar-refractivity contribution >= 4 is 5.97 Å². The smallest absolute Gasteiger partial charge is 0.306 e. The Hall–Kier alpha value is -3.79. The molecule has 3 aromatic rings. The Labute approximate surface area is 167 Å². The highest BCUT2D eigenvalue weighted by atomic mass is 16.5. The van der Waals surface area contributed by atoms with Crippen LogP contribution in [-0.2, 0) is 16.0 Å². The maximum Gasteiger partial charge on any atom is 0.306 e. The van der Waals surface area contributed by atoms with Crippen LogP contribution in [-0.4, -0.2) is 30.4 Å². The summed E-state index contributed by atoms with van der Waals surface area (Å²) in [6, 6.07) is 16.5. The van der Waals surface area contributed by atoms with Crippen molar-refractivity contribution in [1.29, 1.82) is 5.26 Å². The molecule has 0 unspecified atom stereocenters. The second-order valence-electron chi connectivity index (χ2n) is 6.56. The zero-order valence-corrected chi connectivity index (χ0v) is 16.2. The molecule has 0 spiro atoms. The molecule has 0 fully saturated rings. The fourth-order valence-electron chi connectivity index (χ4n) is 3.29. The molecule has 0 aliphatic carbocycles. The van der Waals surface area contributed by atoms with Gasteiger partial charge in [-0.05, 0) is 35.4 Å². The standard InChI is InChI=1S/C22H21N3O4/c1-28-17-9-5-14(6-10-17)11-19-21(22(27)25-24-19)18(12-20(26)29-2)16-7-3-15(13-23)4-8-16/h3-10,18H,11-12H2,1-2H3,(H2,24,25,27)/t18-/m0/s1. The van der Waals surface area contributed by atoms with Crippen molar-refractivity contribution in [2.75, 3.05) is 14.2 Å². The van der Waals surface area contributed by atoms with Gasteiger partial charge in [0.2, 0.25) is 0 Å². The van der Waals surface area contributed by atoms with E-state index in [0.717, 1.165) is 16.9 Å². The minimum absolute atomic E-state index is 0.0128. The average Bonchev–Trinajstić information content (AvgIpc) is 3.12. The van der Waals surface area contributed by atoms with Gasteiger partial charge in [0.1, 0.15) is 5.75 Å². The van der Waals surface area contributed by atoms with Crippen molar-refractivity contribution in [1.82, 2.24) is 10.2 Å². The largest absolute Gasteiger partial charge is 0.497 e. The van der Waals surface area contributed by atoms with Crippen molar-refractivity contribution < 1.29 is 14.3 Å². The molecule has 2 N–H and O–H groups in total. The number of nitrogens with one attached hydrogen (secondary N) is 2. The molecule has 0 aliphatic rings. The zero-order chi connectivity index (χ0) is 20.8. The van der Waals surface area contributed by atoms with Crippen LogP contribution in [0.1, 0.15) is 40.3 Å². The lowest BCUT2D eigenvalue weighted by Crippen LogP contribution is -2.18. The molecular formula is C22H21N3O4. The molecular weight excluding hydrogens is 370 g/mol. The Morgan fingerprint density at radius 1 is 1.07 bits per heavy atom. The van der Waals surface area contributed by atoms with E-state index >= 15 is 0 Å². The van der Waals surface area contributed by atoms with Gasteiger partial charge in [0.15, 0.2) is 0 Å². The lowest BCUT2D eigenvalue weighted by molar-refractivity contribution is -0.140. The number of H-pyrrole nitrogens is 2. The Bertz CT molecular complexity index is 1070. The molecule has 7 heteroatoms. The fraction of sp³-hybridized carbons (Fsp3) is 0.227. The van der Waals surface area contributed by atoms with Gasteiger partial charge in [-0.3, -0.25) is 14.7 Å². The molecule has 148 valence electrons. The molecule has 2 aromatic carbocycles. The molecule has 1 aromatic heterocycles. The van der Waals surface area contributed by atoms with Gasteiger partial charge >= 0.3 is 5.97 Å². The van der Waals surface area contributed by atoms with E-state index in [2.05, 4.69) is 16.3 Å². The number of rotatable bonds is 7. The monoisotopic (exact) mass is 391 g/mol. The number of hydrogen-bond acceptors (Lipinski definition) is 5. The number of hydrogen-bond donors (Lipinski definition) is 2. The second kappa shape index (κ2) is 8.93. The van der Waals surface area contributed by atoms with E-state index in [1.165, 1.54) is 7.11 Å².